The summed E-state index contributed by atoms with van der Waals surface area (Å²) in [6, 6.07) is 10.2. The molecule has 0 aliphatic heterocycles. The summed E-state index contributed by atoms with van der Waals surface area (Å²) in [6.45, 7) is 9.17. The van der Waals surface area contributed by atoms with Crippen LogP contribution in [0.1, 0.15) is 74.8 Å². The van der Waals surface area contributed by atoms with Gasteiger partial charge in [-0.2, -0.15) is 0 Å². The summed E-state index contributed by atoms with van der Waals surface area (Å²) in [5.41, 5.74) is 5.68. The zero-order chi connectivity index (χ0) is 22.8. The molecule has 2 aromatic carbocycles. The second kappa shape index (κ2) is 8.78. The number of benzene rings is 2. The number of aliphatic carboxylic acids is 1. The van der Waals surface area contributed by atoms with Crippen LogP contribution in [0, 0.1) is 0 Å². The summed E-state index contributed by atoms with van der Waals surface area (Å²) in [5, 5.41) is 8.86. The van der Waals surface area contributed by atoms with Crippen LogP contribution in [-0.2, 0) is 22.0 Å². The van der Waals surface area contributed by atoms with E-state index >= 15 is 0 Å². The van der Waals surface area contributed by atoms with Gasteiger partial charge in [0.25, 0.3) is 0 Å². The summed E-state index contributed by atoms with van der Waals surface area (Å²) in [4.78, 5) is 10.8. The number of hydrogen-bond donors (Lipinski definition) is 1. The van der Waals surface area contributed by atoms with Gasteiger partial charge in [-0.15, -0.1) is 0 Å². The van der Waals surface area contributed by atoms with E-state index in [4.69, 9.17) is 14.6 Å². The SMILES string of the molecule is COc1cc2c(c(OC)c1C=Cc1ccc(CCC(=O)O)cc1)C(C)(C)CCC2(C)C. The molecule has 4 nitrogen and oxygen atoms in total. The van der Waals surface area contributed by atoms with Crippen LogP contribution < -0.4 is 9.47 Å². The molecular formula is C27H34O4. The van der Waals surface area contributed by atoms with Crippen molar-refractivity contribution in [3.8, 4) is 11.5 Å². The van der Waals surface area contributed by atoms with Crippen LogP contribution in [0.2, 0.25) is 0 Å². The van der Waals surface area contributed by atoms with Crippen LogP contribution in [0.15, 0.2) is 30.3 Å². The van der Waals surface area contributed by atoms with Gasteiger partial charge in [0.2, 0.25) is 0 Å². The molecule has 31 heavy (non-hydrogen) atoms. The Morgan fingerprint density at radius 3 is 2.23 bits per heavy atom. The lowest BCUT2D eigenvalue weighted by Gasteiger charge is -2.43. The Bertz CT molecular complexity index is 981. The molecule has 0 heterocycles. The van der Waals surface area contributed by atoms with Gasteiger partial charge < -0.3 is 14.6 Å². The predicted molar refractivity (Wildman–Crippen MR) is 126 cm³/mol. The largest absolute Gasteiger partial charge is 0.496 e. The predicted octanol–water partition coefficient (Wildman–Crippen LogP) is 6.24. The lowest BCUT2D eigenvalue weighted by Crippen LogP contribution is -2.34. The van der Waals surface area contributed by atoms with Gasteiger partial charge in [-0.05, 0) is 58.9 Å². The van der Waals surface area contributed by atoms with E-state index in [1.54, 1.807) is 14.2 Å². The van der Waals surface area contributed by atoms with Crippen LogP contribution >= 0.6 is 0 Å². The highest BCUT2D eigenvalue weighted by Gasteiger charge is 2.40. The molecule has 0 atom stereocenters. The van der Waals surface area contributed by atoms with Crippen molar-refractivity contribution in [2.45, 2.75) is 64.2 Å². The second-order valence-electron chi connectivity index (χ2n) is 9.68. The molecule has 166 valence electrons. The third-order valence-electron chi connectivity index (χ3n) is 6.54. The summed E-state index contributed by atoms with van der Waals surface area (Å²) >= 11 is 0. The minimum atomic E-state index is -0.776. The highest BCUT2D eigenvalue weighted by molar-refractivity contribution is 5.79. The van der Waals surface area contributed by atoms with E-state index in [2.05, 4.69) is 45.9 Å². The molecule has 0 fully saturated rings. The normalized spacial score (nSPS) is 16.7. The highest BCUT2D eigenvalue weighted by Crippen LogP contribution is 2.52. The van der Waals surface area contributed by atoms with Gasteiger partial charge in [0.05, 0.1) is 19.8 Å². The molecule has 2 aromatic rings. The zero-order valence-electron chi connectivity index (χ0n) is 19.5. The maximum absolute atomic E-state index is 10.8. The Kier molecular flexibility index (Phi) is 6.49. The van der Waals surface area contributed by atoms with E-state index < -0.39 is 5.97 Å². The molecular weight excluding hydrogens is 388 g/mol. The number of methoxy groups -OCH3 is 2. The van der Waals surface area contributed by atoms with Gasteiger partial charge in [0.15, 0.2) is 0 Å². The number of ether oxygens (including phenoxy) is 2. The number of carboxylic acids is 1. The van der Waals surface area contributed by atoms with Crippen molar-refractivity contribution in [3.63, 3.8) is 0 Å². The Hall–Kier alpha value is -2.75. The second-order valence-corrected chi connectivity index (χ2v) is 9.68. The fraction of sp³-hybridized carbons (Fsp3) is 0.444. The van der Waals surface area contributed by atoms with E-state index in [-0.39, 0.29) is 17.3 Å². The summed E-state index contributed by atoms with van der Waals surface area (Å²) in [6.07, 6.45) is 7.03. The fourth-order valence-corrected chi connectivity index (χ4v) is 4.51. The number of fused-ring (bicyclic) bond motifs is 1. The third-order valence-corrected chi connectivity index (χ3v) is 6.54. The van der Waals surface area contributed by atoms with E-state index in [9.17, 15) is 4.79 Å². The molecule has 0 amide bonds. The van der Waals surface area contributed by atoms with Crippen molar-refractivity contribution in [1.82, 2.24) is 0 Å². The number of carboxylic acid groups (broad SMARTS) is 1. The minimum Gasteiger partial charge on any atom is -0.496 e. The molecule has 0 spiro atoms. The number of aryl methyl sites for hydroxylation is 1. The maximum atomic E-state index is 10.8. The lowest BCUT2D eigenvalue weighted by atomic mass is 9.62. The van der Waals surface area contributed by atoms with Crippen molar-refractivity contribution < 1.29 is 19.4 Å². The fourth-order valence-electron chi connectivity index (χ4n) is 4.51. The van der Waals surface area contributed by atoms with Crippen molar-refractivity contribution in [1.29, 1.82) is 0 Å². The van der Waals surface area contributed by atoms with Crippen LogP contribution in [0.3, 0.4) is 0 Å². The average Bonchev–Trinajstić information content (AvgIpc) is 2.73. The number of rotatable bonds is 7. The van der Waals surface area contributed by atoms with Gasteiger partial charge in [-0.25, -0.2) is 0 Å². The molecule has 0 radical (unpaired) electrons. The monoisotopic (exact) mass is 422 g/mol. The van der Waals surface area contributed by atoms with E-state index in [1.807, 2.05) is 24.3 Å². The molecule has 1 aliphatic rings. The molecule has 0 bridgehead atoms. The van der Waals surface area contributed by atoms with Gasteiger partial charge in [-0.3, -0.25) is 4.79 Å². The first-order valence-corrected chi connectivity index (χ1v) is 10.9. The number of carbonyl (C=O) groups is 1. The van der Waals surface area contributed by atoms with E-state index in [1.165, 1.54) is 11.1 Å². The molecule has 0 aromatic heterocycles. The Balaban J connectivity index is 2.02. The van der Waals surface area contributed by atoms with Gasteiger partial charge in [-0.1, -0.05) is 58.0 Å². The summed E-state index contributed by atoms with van der Waals surface area (Å²) in [5.74, 6) is 0.929. The summed E-state index contributed by atoms with van der Waals surface area (Å²) in [7, 11) is 3.44. The van der Waals surface area contributed by atoms with Crippen molar-refractivity contribution in [2.75, 3.05) is 14.2 Å². The first kappa shape index (κ1) is 22.9. The maximum Gasteiger partial charge on any atom is 0.303 e. The summed E-state index contributed by atoms with van der Waals surface area (Å²) < 4.78 is 11.8. The molecule has 0 saturated carbocycles. The first-order valence-electron chi connectivity index (χ1n) is 10.9. The molecule has 1 aliphatic carbocycles. The number of hydrogen-bond acceptors (Lipinski definition) is 3. The van der Waals surface area contributed by atoms with Crippen molar-refractivity contribution in [3.05, 3.63) is 58.1 Å². The average molecular weight is 423 g/mol. The molecule has 1 N–H and O–H groups in total. The van der Waals surface area contributed by atoms with Crippen LogP contribution in [0.5, 0.6) is 11.5 Å². The minimum absolute atomic E-state index is 0.0246. The smallest absolute Gasteiger partial charge is 0.303 e. The van der Waals surface area contributed by atoms with Gasteiger partial charge >= 0.3 is 5.97 Å². The van der Waals surface area contributed by atoms with Crippen LogP contribution in [0.25, 0.3) is 12.2 Å². The van der Waals surface area contributed by atoms with Crippen LogP contribution in [-0.4, -0.2) is 25.3 Å². The Labute approximate surface area is 185 Å². The van der Waals surface area contributed by atoms with Crippen LogP contribution in [0.4, 0.5) is 0 Å². The van der Waals surface area contributed by atoms with Crippen molar-refractivity contribution >= 4 is 18.1 Å². The van der Waals surface area contributed by atoms with E-state index in [0.29, 0.717) is 6.42 Å². The first-order chi connectivity index (χ1) is 14.6. The standard InChI is InChI=1S/C27H34O4/c1-26(2)15-16-27(3,4)24-21(26)17-22(30-5)20(25(24)31-6)13-11-18-7-9-19(10-8-18)12-14-23(28)29/h7-11,13,17H,12,14-16H2,1-6H3,(H,28,29). The highest BCUT2D eigenvalue weighted by atomic mass is 16.5. The van der Waals surface area contributed by atoms with E-state index in [0.717, 1.165) is 41.0 Å². The molecule has 0 unspecified atom stereocenters. The Morgan fingerprint density at radius 1 is 1.00 bits per heavy atom. The van der Waals surface area contributed by atoms with Crippen molar-refractivity contribution in [2.24, 2.45) is 0 Å². The quantitative estimate of drug-likeness (QED) is 0.537. The molecule has 3 rings (SSSR count). The van der Waals surface area contributed by atoms with Gasteiger partial charge in [0, 0.05) is 12.0 Å². The molecule has 0 saturated heterocycles. The zero-order valence-corrected chi connectivity index (χ0v) is 19.5. The third kappa shape index (κ3) is 4.79. The Morgan fingerprint density at radius 2 is 1.65 bits per heavy atom. The lowest BCUT2D eigenvalue weighted by molar-refractivity contribution is -0.136. The topological polar surface area (TPSA) is 55.8 Å². The van der Waals surface area contributed by atoms with Gasteiger partial charge in [0.1, 0.15) is 11.5 Å². The molecule has 4 heteroatoms.